The summed E-state index contributed by atoms with van der Waals surface area (Å²) in [5, 5.41) is 3.68. The van der Waals surface area contributed by atoms with Gasteiger partial charge in [0, 0.05) is 19.1 Å². The zero-order chi connectivity index (χ0) is 14.9. The zero-order valence-electron chi connectivity index (χ0n) is 13.6. The highest BCUT2D eigenvalue weighted by Gasteiger charge is 2.54. The Morgan fingerprint density at radius 2 is 1.95 bits per heavy atom. The van der Waals surface area contributed by atoms with Crippen LogP contribution in [0.15, 0.2) is 0 Å². The summed E-state index contributed by atoms with van der Waals surface area (Å²) in [6.07, 6.45) is 8.63. The minimum Gasteiger partial charge on any atom is -0.468 e. The Hall–Kier alpha value is -0.610. The molecule has 4 nitrogen and oxygen atoms in total. The molecular formula is C17H30N2O2. The Bertz CT molecular complexity index is 375. The molecular weight excluding hydrogens is 264 g/mol. The summed E-state index contributed by atoms with van der Waals surface area (Å²) >= 11 is 0. The predicted octanol–water partition coefficient (Wildman–Crippen LogP) is 2.18. The van der Waals surface area contributed by atoms with Crippen LogP contribution < -0.4 is 5.32 Å². The van der Waals surface area contributed by atoms with Gasteiger partial charge in [-0.25, -0.2) is 4.79 Å². The van der Waals surface area contributed by atoms with Crippen molar-refractivity contribution in [3.05, 3.63) is 0 Å². The highest BCUT2D eigenvalue weighted by Crippen LogP contribution is 2.43. The molecule has 0 aromatic rings. The number of ether oxygens (including phenoxy) is 1. The average molecular weight is 294 g/mol. The normalized spacial score (nSPS) is 24.9. The van der Waals surface area contributed by atoms with E-state index in [9.17, 15) is 4.79 Å². The van der Waals surface area contributed by atoms with Gasteiger partial charge in [-0.1, -0.05) is 6.92 Å². The first-order chi connectivity index (χ1) is 10.2. The van der Waals surface area contributed by atoms with Crippen LogP contribution in [0.2, 0.25) is 0 Å². The SMILES string of the molecule is CCCN(CC1CC1)CC(NC1CC1)(C(=O)OC)C1CC1. The lowest BCUT2D eigenvalue weighted by molar-refractivity contribution is -0.151. The van der Waals surface area contributed by atoms with Crippen LogP contribution in [0.5, 0.6) is 0 Å². The van der Waals surface area contributed by atoms with E-state index < -0.39 is 5.54 Å². The minimum atomic E-state index is -0.444. The van der Waals surface area contributed by atoms with Gasteiger partial charge in [0.1, 0.15) is 5.54 Å². The molecule has 120 valence electrons. The maximum Gasteiger partial charge on any atom is 0.327 e. The van der Waals surface area contributed by atoms with E-state index in [0.717, 1.165) is 44.8 Å². The highest BCUT2D eigenvalue weighted by molar-refractivity contribution is 5.82. The van der Waals surface area contributed by atoms with Crippen LogP contribution in [0.1, 0.15) is 51.9 Å². The van der Waals surface area contributed by atoms with Crippen molar-refractivity contribution in [1.82, 2.24) is 10.2 Å². The molecule has 3 fully saturated rings. The van der Waals surface area contributed by atoms with Crippen LogP contribution >= 0.6 is 0 Å². The number of nitrogens with one attached hydrogen (secondary N) is 1. The van der Waals surface area contributed by atoms with Gasteiger partial charge in [0.25, 0.3) is 0 Å². The Balaban J connectivity index is 1.72. The Morgan fingerprint density at radius 3 is 2.43 bits per heavy atom. The first-order valence-corrected chi connectivity index (χ1v) is 8.76. The monoisotopic (exact) mass is 294 g/mol. The Kier molecular flexibility index (Phi) is 4.55. The van der Waals surface area contributed by atoms with Gasteiger partial charge in [-0.05, 0) is 63.3 Å². The summed E-state index contributed by atoms with van der Waals surface area (Å²) in [4.78, 5) is 15.1. The van der Waals surface area contributed by atoms with Crippen LogP contribution in [0, 0.1) is 11.8 Å². The van der Waals surface area contributed by atoms with E-state index >= 15 is 0 Å². The van der Waals surface area contributed by atoms with Crippen molar-refractivity contribution in [3.63, 3.8) is 0 Å². The Labute approximate surface area is 128 Å². The highest BCUT2D eigenvalue weighted by atomic mass is 16.5. The van der Waals surface area contributed by atoms with E-state index in [1.807, 2.05) is 0 Å². The lowest BCUT2D eigenvalue weighted by atomic mass is 9.91. The van der Waals surface area contributed by atoms with Crippen molar-refractivity contribution >= 4 is 5.97 Å². The fourth-order valence-corrected chi connectivity index (χ4v) is 3.50. The summed E-state index contributed by atoms with van der Waals surface area (Å²) in [5.74, 6) is 1.31. The van der Waals surface area contributed by atoms with Gasteiger partial charge >= 0.3 is 5.97 Å². The Morgan fingerprint density at radius 1 is 1.24 bits per heavy atom. The molecule has 0 spiro atoms. The number of methoxy groups -OCH3 is 1. The molecule has 0 saturated heterocycles. The third-order valence-electron chi connectivity index (χ3n) is 5.09. The molecule has 3 aliphatic rings. The number of esters is 1. The predicted molar refractivity (Wildman–Crippen MR) is 83.1 cm³/mol. The molecule has 3 saturated carbocycles. The van der Waals surface area contributed by atoms with E-state index in [4.69, 9.17) is 4.74 Å². The quantitative estimate of drug-likeness (QED) is 0.627. The van der Waals surface area contributed by atoms with Crippen LogP contribution in [-0.4, -0.2) is 49.2 Å². The van der Waals surface area contributed by atoms with Crippen LogP contribution in [0.3, 0.4) is 0 Å². The summed E-state index contributed by atoms with van der Waals surface area (Å²) in [5.41, 5.74) is -0.444. The molecule has 0 aliphatic heterocycles. The second-order valence-corrected chi connectivity index (χ2v) is 7.33. The third kappa shape index (κ3) is 3.78. The molecule has 1 N–H and O–H groups in total. The number of hydrogen-bond donors (Lipinski definition) is 1. The molecule has 3 aliphatic carbocycles. The largest absolute Gasteiger partial charge is 0.468 e. The van der Waals surface area contributed by atoms with Gasteiger partial charge in [-0.3, -0.25) is 5.32 Å². The minimum absolute atomic E-state index is 0.0335. The van der Waals surface area contributed by atoms with Crippen molar-refractivity contribution in [3.8, 4) is 0 Å². The van der Waals surface area contributed by atoms with E-state index in [1.54, 1.807) is 7.11 Å². The van der Waals surface area contributed by atoms with Gasteiger partial charge in [-0.15, -0.1) is 0 Å². The fraction of sp³-hybridized carbons (Fsp3) is 0.941. The smallest absolute Gasteiger partial charge is 0.327 e. The molecule has 0 aromatic heterocycles. The third-order valence-corrected chi connectivity index (χ3v) is 5.09. The van der Waals surface area contributed by atoms with Gasteiger partial charge in [0.05, 0.1) is 7.11 Å². The van der Waals surface area contributed by atoms with Crippen LogP contribution in [0.4, 0.5) is 0 Å². The first kappa shape index (κ1) is 15.3. The van der Waals surface area contributed by atoms with Gasteiger partial charge < -0.3 is 9.64 Å². The van der Waals surface area contributed by atoms with E-state index in [2.05, 4.69) is 17.1 Å². The summed E-state index contributed by atoms with van der Waals surface area (Å²) in [6.45, 7) is 5.32. The molecule has 0 radical (unpaired) electrons. The van der Waals surface area contributed by atoms with Crippen LogP contribution in [-0.2, 0) is 9.53 Å². The molecule has 21 heavy (non-hydrogen) atoms. The van der Waals surface area contributed by atoms with E-state index in [0.29, 0.717) is 12.0 Å². The van der Waals surface area contributed by atoms with E-state index in [1.165, 1.54) is 25.7 Å². The number of hydrogen-bond acceptors (Lipinski definition) is 4. The maximum absolute atomic E-state index is 12.6. The lowest BCUT2D eigenvalue weighted by Gasteiger charge is -2.37. The van der Waals surface area contributed by atoms with Gasteiger partial charge in [0.2, 0.25) is 0 Å². The number of rotatable bonds is 10. The first-order valence-electron chi connectivity index (χ1n) is 8.76. The lowest BCUT2D eigenvalue weighted by Crippen LogP contribution is -2.62. The van der Waals surface area contributed by atoms with Crippen molar-refractivity contribution in [2.45, 2.75) is 63.5 Å². The molecule has 0 aromatic carbocycles. The second kappa shape index (κ2) is 6.25. The number of carbonyl (C=O) groups is 1. The topological polar surface area (TPSA) is 41.6 Å². The molecule has 4 heteroatoms. The van der Waals surface area contributed by atoms with Crippen molar-refractivity contribution in [2.75, 3.05) is 26.7 Å². The number of carbonyl (C=O) groups excluding carboxylic acids is 1. The second-order valence-electron chi connectivity index (χ2n) is 7.33. The maximum atomic E-state index is 12.6. The van der Waals surface area contributed by atoms with Crippen molar-refractivity contribution in [2.24, 2.45) is 11.8 Å². The summed E-state index contributed by atoms with van der Waals surface area (Å²) < 4.78 is 5.22. The zero-order valence-corrected chi connectivity index (χ0v) is 13.6. The molecule has 3 rings (SSSR count). The van der Waals surface area contributed by atoms with Gasteiger partial charge in [0.15, 0.2) is 0 Å². The van der Waals surface area contributed by atoms with Crippen molar-refractivity contribution in [1.29, 1.82) is 0 Å². The molecule has 0 amide bonds. The average Bonchev–Trinajstić information content (AvgIpc) is 3.29. The van der Waals surface area contributed by atoms with Crippen molar-refractivity contribution < 1.29 is 9.53 Å². The summed E-state index contributed by atoms with van der Waals surface area (Å²) in [7, 11) is 1.54. The van der Waals surface area contributed by atoms with Gasteiger partial charge in [-0.2, -0.15) is 0 Å². The fourth-order valence-electron chi connectivity index (χ4n) is 3.50. The standard InChI is InChI=1S/C17H30N2O2/c1-3-10-19(11-13-4-5-13)12-17(14-6-7-14,16(20)21-2)18-15-8-9-15/h13-15,18H,3-12H2,1-2H3. The van der Waals surface area contributed by atoms with E-state index in [-0.39, 0.29) is 5.97 Å². The number of nitrogens with zero attached hydrogens (tertiary/aromatic N) is 1. The summed E-state index contributed by atoms with van der Waals surface area (Å²) in [6, 6.07) is 0.536. The van der Waals surface area contributed by atoms with Crippen LogP contribution in [0.25, 0.3) is 0 Å². The molecule has 0 heterocycles. The molecule has 0 bridgehead atoms. The molecule has 1 atom stereocenters. The molecule has 1 unspecified atom stereocenters.